The first kappa shape index (κ1) is 22.3. The van der Waals surface area contributed by atoms with E-state index >= 15 is 0 Å². The van der Waals surface area contributed by atoms with Crippen molar-refractivity contribution in [2.45, 2.75) is 38.9 Å². The standard InChI is InChI=1S/C25H31FN4O2/c26-23-9-7-20(8-10-23)18-28-11-3-13-29(15-14-28)25(32)27-17-21-4-1-5-22(16-21)19-30-12-2-6-24(30)31/h1,4-5,7-10,16H,2-3,6,11-15,17-19H2,(H,27,32). The van der Waals surface area contributed by atoms with Gasteiger partial charge in [-0.1, -0.05) is 36.4 Å². The number of urea groups is 1. The molecular weight excluding hydrogens is 407 g/mol. The molecule has 2 aliphatic rings. The van der Waals surface area contributed by atoms with Crippen LogP contribution in [-0.4, -0.2) is 59.4 Å². The van der Waals surface area contributed by atoms with Crippen LogP contribution in [0.15, 0.2) is 48.5 Å². The summed E-state index contributed by atoms with van der Waals surface area (Å²) in [5, 5.41) is 3.04. The monoisotopic (exact) mass is 438 g/mol. The molecule has 0 bridgehead atoms. The molecule has 2 aromatic carbocycles. The van der Waals surface area contributed by atoms with Crippen molar-refractivity contribution >= 4 is 11.9 Å². The maximum absolute atomic E-state index is 13.1. The fraction of sp³-hybridized carbons (Fsp3) is 0.440. The average Bonchev–Trinajstić information content (AvgIpc) is 3.05. The Bertz CT molecular complexity index is 934. The number of hydrogen-bond donors (Lipinski definition) is 1. The van der Waals surface area contributed by atoms with Gasteiger partial charge in [0.05, 0.1) is 0 Å². The van der Waals surface area contributed by atoms with E-state index in [2.05, 4.69) is 16.3 Å². The predicted octanol–water partition coefficient (Wildman–Crippen LogP) is 3.37. The number of rotatable bonds is 6. The van der Waals surface area contributed by atoms with Gasteiger partial charge in [0, 0.05) is 58.8 Å². The SMILES string of the molecule is O=C1CCCN1Cc1cccc(CNC(=O)N2CCCN(Cc3ccc(F)cc3)CC2)c1. The molecule has 32 heavy (non-hydrogen) atoms. The van der Waals surface area contributed by atoms with E-state index in [1.54, 1.807) is 0 Å². The summed E-state index contributed by atoms with van der Waals surface area (Å²) in [4.78, 5) is 30.7. The summed E-state index contributed by atoms with van der Waals surface area (Å²) in [6.07, 6.45) is 2.49. The highest BCUT2D eigenvalue weighted by molar-refractivity contribution is 5.78. The predicted molar refractivity (Wildman–Crippen MR) is 121 cm³/mol. The zero-order valence-electron chi connectivity index (χ0n) is 18.4. The molecule has 0 unspecified atom stereocenters. The van der Waals surface area contributed by atoms with Gasteiger partial charge in [-0.2, -0.15) is 0 Å². The highest BCUT2D eigenvalue weighted by atomic mass is 19.1. The van der Waals surface area contributed by atoms with Crippen molar-refractivity contribution < 1.29 is 14.0 Å². The van der Waals surface area contributed by atoms with E-state index in [4.69, 9.17) is 0 Å². The minimum Gasteiger partial charge on any atom is -0.338 e. The molecule has 0 aliphatic carbocycles. The van der Waals surface area contributed by atoms with Gasteiger partial charge in [0.1, 0.15) is 5.82 Å². The third-order valence-electron chi connectivity index (χ3n) is 6.18. The molecule has 6 nitrogen and oxygen atoms in total. The minimum absolute atomic E-state index is 0.0474. The summed E-state index contributed by atoms with van der Waals surface area (Å²) >= 11 is 0. The second-order valence-corrected chi connectivity index (χ2v) is 8.64. The normalized spacial score (nSPS) is 17.5. The number of nitrogens with zero attached hydrogens (tertiary/aromatic N) is 3. The van der Waals surface area contributed by atoms with Gasteiger partial charge in [0.2, 0.25) is 5.91 Å². The second kappa shape index (κ2) is 10.6. The van der Waals surface area contributed by atoms with Gasteiger partial charge >= 0.3 is 6.03 Å². The van der Waals surface area contributed by atoms with E-state index in [1.165, 1.54) is 12.1 Å². The first-order valence-corrected chi connectivity index (χ1v) is 11.4. The fourth-order valence-corrected chi connectivity index (χ4v) is 4.40. The third-order valence-corrected chi connectivity index (χ3v) is 6.18. The quantitative estimate of drug-likeness (QED) is 0.753. The lowest BCUT2D eigenvalue weighted by molar-refractivity contribution is -0.128. The van der Waals surface area contributed by atoms with E-state index in [1.807, 2.05) is 40.1 Å². The number of halogens is 1. The van der Waals surface area contributed by atoms with Gasteiger partial charge in [-0.05, 0) is 41.7 Å². The van der Waals surface area contributed by atoms with Crippen LogP contribution in [0.1, 0.15) is 36.0 Å². The van der Waals surface area contributed by atoms with Crippen molar-refractivity contribution in [3.05, 3.63) is 71.0 Å². The summed E-state index contributed by atoms with van der Waals surface area (Å²) in [6.45, 7) is 5.80. The van der Waals surface area contributed by atoms with Crippen LogP contribution in [0.4, 0.5) is 9.18 Å². The first-order chi connectivity index (χ1) is 15.6. The molecular formula is C25H31FN4O2. The van der Waals surface area contributed by atoms with E-state index in [9.17, 15) is 14.0 Å². The minimum atomic E-state index is -0.220. The maximum Gasteiger partial charge on any atom is 0.317 e. The number of nitrogens with one attached hydrogen (secondary N) is 1. The topological polar surface area (TPSA) is 55.9 Å². The number of carbonyl (C=O) groups excluding carboxylic acids is 2. The van der Waals surface area contributed by atoms with Crippen molar-refractivity contribution in [2.75, 3.05) is 32.7 Å². The number of benzene rings is 2. The molecule has 170 valence electrons. The molecule has 0 saturated carbocycles. The highest BCUT2D eigenvalue weighted by Gasteiger charge is 2.21. The highest BCUT2D eigenvalue weighted by Crippen LogP contribution is 2.15. The Morgan fingerprint density at radius 3 is 2.47 bits per heavy atom. The molecule has 4 rings (SSSR count). The zero-order valence-corrected chi connectivity index (χ0v) is 18.4. The van der Waals surface area contributed by atoms with Crippen LogP contribution in [-0.2, 0) is 24.4 Å². The van der Waals surface area contributed by atoms with E-state index in [0.717, 1.165) is 62.3 Å². The average molecular weight is 439 g/mol. The Kier molecular flexibility index (Phi) is 7.37. The second-order valence-electron chi connectivity index (χ2n) is 8.64. The molecule has 2 aliphatic heterocycles. The molecule has 0 spiro atoms. The molecule has 3 amide bonds. The van der Waals surface area contributed by atoms with Gasteiger partial charge in [-0.15, -0.1) is 0 Å². The summed E-state index contributed by atoms with van der Waals surface area (Å²) < 4.78 is 13.1. The Morgan fingerprint density at radius 2 is 1.69 bits per heavy atom. The molecule has 2 saturated heterocycles. The molecule has 2 heterocycles. The van der Waals surface area contributed by atoms with E-state index in [-0.39, 0.29) is 17.8 Å². The van der Waals surface area contributed by atoms with Crippen LogP contribution >= 0.6 is 0 Å². The van der Waals surface area contributed by atoms with Crippen LogP contribution in [0, 0.1) is 5.82 Å². The molecule has 2 aromatic rings. The lowest BCUT2D eigenvalue weighted by atomic mass is 10.1. The Balaban J connectivity index is 1.25. The van der Waals surface area contributed by atoms with Crippen LogP contribution < -0.4 is 5.32 Å². The fourth-order valence-electron chi connectivity index (χ4n) is 4.40. The Morgan fingerprint density at radius 1 is 0.875 bits per heavy atom. The molecule has 1 N–H and O–H groups in total. The largest absolute Gasteiger partial charge is 0.338 e. The van der Waals surface area contributed by atoms with Gasteiger partial charge in [-0.3, -0.25) is 9.69 Å². The van der Waals surface area contributed by atoms with Crippen LogP contribution in [0.3, 0.4) is 0 Å². The number of amides is 3. The number of hydrogen-bond acceptors (Lipinski definition) is 3. The maximum atomic E-state index is 13.1. The van der Waals surface area contributed by atoms with Crippen LogP contribution in [0.25, 0.3) is 0 Å². The van der Waals surface area contributed by atoms with E-state index < -0.39 is 0 Å². The van der Waals surface area contributed by atoms with Gasteiger partial charge in [-0.25, -0.2) is 9.18 Å². The van der Waals surface area contributed by atoms with Gasteiger partial charge in [0.25, 0.3) is 0 Å². The summed E-state index contributed by atoms with van der Waals surface area (Å²) in [7, 11) is 0. The molecule has 7 heteroatoms. The zero-order chi connectivity index (χ0) is 22.3. The summed E-state index contributed by atoms with van der Waals surface area (Å²) in [5.74, 6) is 0.000810. The van der Waals surface area contributed by atoms with Crippen molar-refractivity contribution in [1.82, 2.24) is 20.0 Å². The number of carbonyl (C=O) groups is 2. The summed E-state index contributed by atoms with van der Waals surface area (Å²) in [6, 6.07) is 14.7. The van der Waals surface area contributed by atoms with Crippen molar-refractivity contribution in [3.63, 3.8) is 0 Å². The molecule has 0 atom stereocenters. The molecule has 0 radical (unpaired) electrons. The third kappa shape index (κ3) is 6.07. The van der Waals surface area contributed by atoms with Gasteiger partial charge in [0.15, 0.2) is 0 Å². The van der Waals surface area contributed by atoms with E-state index in [0.29, 0.717) is 26.1 Å². The first-order valence-electron chi connectivity index (χ1n) is 11.4. The van der Waals surface area contributed by atoms with Crippen molar-refractivity contribution in [1.29, 1.82) is 0 Å². The molecule has 2 fully saturated rings. The van der Waals surface area contributed by atoms with Crippen LogP contribution in [0.2, 0.25) is 0 Å². The smallest absolute Gasteiger partial charge is 0.317 e. The Hall–Kier alpha value is -2.93. The van der Waals surface area contributed by atoms with Crippen molar-refractivity contribution in [2.24, 2.45) is 0 Å². The van der Waals surface area contributed by atoms with Crippen molar-refractivity contribution in [3.8, 4) is 0 Å². The van der Waals surface area contributed by atoms with Crippen LogP contribution in [0.5, 0.6) is 0 Å². The lowest BCUT2D eigenvalue weighted by Gasteiger charge is -2.22. The summed E-state index contributed by atoms with van der Waals surface area (Å²) in [5.41, 5.74) is 3.22. The lowest BCUT2D eigenvalue weighted by Crippen LogP contribution is -2.41. The molecule has 0 aromatic heterocycles. The Labute approximate surface area is 189 Å². The number of likely N-dealkylation sites (tertiary alicyclic amines) is 1. The van der Waals surface area contributed by atoms with Gasteiger partial charge < -0.3 is 15.1 Å².